The molecule has 1 N–H and O–H groups in total. The van der Waals surface area contributed by atoms with E-state index in [-0.39, 0.29) is 24.2 Å². The second-order valence-corrected chi connectivity index (χ2v) is 7.52. The number of amides is 1. The van der Waals surface area contributed by atoms with Crippen molar-refractivity contribution >= 4 is 16.7 Å². The van der Waals surface area contributed by atoms with Crippen LogP contribution in [-0.4, -0.2) is 25.6 Å². The number of benzene rings is 2. The Kier molecular flexibility index (Phi) is 5.79. The molecule has 2 aromatic carbocycles. The smallest absolute Gasteiger partial charge is 0.274 e. The molecule has 8 heteroatoms. The molecule has 0 radical (unpaired) electrons. The Bertz CT molecular complexity index is 1340. The van der Waals surface area contributed by atoms with Gasteiger partial charge >= 0.3 is 0 Å². The number of carbonyl (C=O) groups excluding carboxylic acids is 1. The molecule has 1 amide bonds. The SMILES string of the molecule is O=C(NC(Cn1ccnc1)c1ccccc1)c1cc(COc2cccc3cnccc23)on1. The predicted octanol–water partition coefficient (Wildman–Crippen LogP) is 4.17. The molecule has 1 unspecified atom stereocenters. The molecular weight excluding hydrogens is 418 g/mol. The van der Waals surface area contributed by atoms with Gasteiger partial charge in [-0.1, -0.05) is 47.6 Å². The minimum atomic E-state index is -0.324. The monoisotopic (exact) mass is 439 g/mol. The number of fused-ring (bicyclic) bond motifs is 1. The van der Waals surface area contributed by atoms with E-state index in [1.165, 1.54) is 0 Å². The van der Waals surface area contributed by atoms with Crippen LogP contribution in [0.4, 0.5) is 0 Å². The van der Waals surface area contributed by atoms with Crippen LogP contribution in [0.25, 0.3) is 10.8 Å². The number of imidazole rings is 1. The molecular formula is C25H21N5O3. The van der Waals surface area contributed by atoms with Crippen molar-refractivity contribution in [3.8, 4) is 5.75 Å². The Balaban J connectivity index is 1.27. The molecule has 0 aliphatic carbocycles. The molecule has 5 rings (SSSR count). The fourth-order valence-electron chi connectivity index (χ4n) is 3.61. The maximum Gasteiger partial charge on any atom is 0.274 e. The van der Waals surface area contributed by atoms with E-state index in [0.29, 0.717) is 18.1 Å². The van der Waals surface area contributed by atoms with E-state index in [2.05, 4.69) is 20.4 Å². The number of nitrogens with zero attached hydrogens (tertiary/aromatic N) is 4. The third-order valence-corrected chi connectivity index (χ3v) is 5.26. The highest BCUT2D eigenvalue weighted by molar-refractivity contribution is 5.92. The number of nitrogens with one attached hydrogen (secondary N) is 1. The summed E-state index contributed by atoms with van der Waals surface area (Å²) in [5.74, 6) is 0.842. The van der Waals surface area contributed by atoms with Crippen molar-refractivity contribution < 1.29 is 14.1 Å². The van der Waals surface area contributed by atoms with Crippen LogP contribution in [0.2, 0.25) is 0 Å². The molecule has 8 nitrogen and oxygen atoms in total. The van der Waals surface area contributed by atoms with Gasteiger partial charge in [0, 0.05) is 48.2 Å². The van der Waals surface area contributed by atoms with Crippen LogP contribution in [-0.2, 0) is 13.2 Å². The van der Waals surface area contributed by atoms with Crippen molar-refractivity contribution in [2.45, 2.75) is 19.2 Å². The predicted molar refractivity (Wildman–Crippen MR) is 121 cm³/mol. The van der Waals surface area contributed by atoms with Crippen LogP contribution in [0.1, 0.15) is 27.9 Å². The van der Waals surface area contributed by atoms with Gasteiger partial charge in [0.25, 0.3) is 5.91 Å². The van der Waals surface area contributed by atoms with Gasteiger partial charge in [0.2, 0.25) is 0 Å². The highest BCUT2D eigenvalue weighted by atomic mass is 16.5. The number of rotatable bonds is 8. The zero-order valence-electron chi connectivity index (χ0n) is 17.7. The molecule has 0 fully saturated rings. The Hall–Kier alpha value is -4.46. The first-order valence-corrected chi connectivity index (χ1v) is 10.5. The summed E-state index contributed by atoms with van der Waals surface area (Å²) in [4.78, 5) is 21.1. The minimum absolute atomic E-state index is 0.152. The molecule has 5 aromatic rings. The quantitative estimate of drug-likeness (QED) is 0.390. The molecule has 0 aliphatic heterocycles. The summed E-state index contributed by atoms with van der Waals surface area (Å²) in [6.07, 6.45) is 8.79. The lowest BCUT2D eigenvalue weighted by atomic mass is 10.1. The summed E-state index contributed by atoms with van der Waals surface area (Å²) < 4.78 is 13.2. The van der Waals surface area contributed by atoms with Gasteiger partial charge in [0.1, 0.15) is 12.4 Å². The molecule has 0 bridgehead atoms. The Morgan fingerprint density at radius 3 is 2.82 bits per heavy atom. The normalized spacial score (nSPS) is 11.9. The zero-order chi connectivity index (χ0) is 22.5. The number of hydrogen-bond donors (Lipinski definition) is 1. The van der Waals surface area contributed by atoms with Gasteiger partial charge in [-0.25, -0.2) is 4.98 Å². The number of aromatic nitrogens is 4. The maximum atomic E-state index is 12.9. The van der Waals surface area contributed by atoms with Crippen molar-refractivity contribution in [1.82, 2.24) is 25.0 Å². The van der Waals surface area contributed by atoms with Crippen LogP contribution in [0, 0.1) is 0 Å². The Morgan fingerprint density at radius 2 is 1.97 bits per heavy atom. The van der Waals surface area contributed by atoms with Crippen LogP contribution in [0.3, 0.4) is 0 Å². The van der Waals surface area contributed by atoms with Gasteiger partial charge in [-0.2, -0.15) is 0 Å². The summed E-state index contributed by atoms with van der Waals surface area (Å²) in [7, 11) is 0. The van der Waals surface area contributed by atoms with E-state index in [1.807, 2.05) is 65.4 Å². The molecule has 164 valence electrons. The lowest BCUT2D eigenvalue weighted by Gasteiger charge is -2.19. The van der Waals surface area contributed by atoms with Gasteiger partial charge in [0.05, 0.1) is 12.4 Å². The average molecular weight is 439 g/mol. The summed E-state index contributed by atoms with van der Waals surface area (Å²) in [6.45, 7) is 0.693. The third-order valence-electron chi connectivity index (χ3n) is 5.26. The second-order valence-electron chi connectivity index (χ2n) is 7.52. The van der Waals surface area contributed by atoms with Crippen LogP contribution >= 0.6 is 0 Å². The van der Waals surface area contributed by atoms with E-state index in [1.54, 1.807) is 31.0 Å². The van der Waals surface area contributed by atoms with Gasteiger partial charge in [-0.05, 0) is 17.7 Å². The number of carbonyl (C=O) groups is 1. The first-order chi connectivity index (χ1) is 16.3. The molecule has 3 aromatic heterocycles. The fraction of sp³-hybridized carbons (Fsp3) is 0.120. The average Bonchev–Trinajstić information content (AvgIpc) is 3.55. The van der Waals surface area contributed by atoms with E-state index >= 15 is 0 Å². The van der Waals surface area contributed by atoms with Gasteiger partial charge in [-0.3, -0.25) is 9.78 Å². The molecule has 0 saturated carbocycles. The lowest BCUT2D eigenvalue weighted by molar-refractivity contribution is 0.0923. The summed E-state index contributed by atoms with van der Waals surface area (Å²) in [5, 5.41) is 8.92. The van der Waals surface area contributed by atoms with Crippen LogP contribution in [0.15, 0.2) is 96.3 Å². The molecule has 0 saturated heterocycles. The van der Waals surface area contributed by atoms with Crippen molar-refractivity contribution in [1.29, 1.82) is 0 Å². The molecule has 3 heterocycles. The summed E-state index contributed by atoms with van der Waals surface area (Å²) in [6, 6.07) is 18.8. The molecule has 1 atom stereocenters. The first-order valence-electron chi connectivity index (χ1n) is 10.5. The topological polar surface area (TPSA) is 95.1 Å². The first kappa shape index (κ1) is 20.4. The molecule has 0 spiro atoms. The molecule has 0 aliphatic rings. The number of pyridine rings is 1. The number of hydrogen-bond acceptors (Lipinski definition) is 6. The van der Waals surface area contributed by atoms with Crippen LogP contribution < -0.4 is 10.1 Å². The minimum Gasteiger partial charge on any atom is -0.485 e. The van der Waals surface area contributed by atoms with Gasteiger partial charge in [0.15, 0.2) is 11.5 Å². The molecule has 33 heavy (non-hydrogen) atoms. The van der Waals surface area contributed by atoms with Gasteiger partial charge < -0.3 is 19.1 Å². The highest BCUT2D eigenvalue weighted by Crippen LogP contribution is 2.25. The van der Waals surface area contributed by atoms with E-state index in [0.717, 1.165) is 16.3 Å². The standard InChI is InChI=1S/C25H21N5O3/c31-25(28-23(15-30-12-11-27-17-30)18-5-2-1-3-6-18)22-13-20(33-29-22)16-32-24-8-4-7-19-14-26-10-9-21(19)24/h1-14,17,23H,15-16H2,(H,28,31). The van der Waals surface area contributed by atoms with Crippen molar-refractivity contribution in [3.05, 3.63) is 109 Å². The Morgan fingerprint density at radius 1 is 1.06 bits per heavy atom. The fourth-order valence-corrected chi connectivity index (χ4v) is 3.61. The number of ether oxygens (including phenoxy) is 1. The van der Waals surface area contributed by atoms with Crippen LogP contribution in [0.5, 0.6) is 5.75 Å². The lowest BCUT2D eigenvalue weighted by Crippen LogP contribution is -2.31. The Labute approximate surface area is 189 Å². The maximum absolute atomic E-state index is 12.9. The van der Waals surface area contributed by atoms with Crippen molar-refractivity contribution in [3.63, 3.8) is 0 Å². The van der Waals surface area contributed by atoms with E-state index in [4.69, 9.17) is 9.26 Å². The van der Waals surface area contributed by atoms with Crippen molar-refractivity contribution in [2.75, 3.05) is 0 Å². The largest absolute Gasteiger partial charge is 0.485 e. The van der Waals surface area contributed by atoms with E-state index in [9.17, 15) is 4.79 Å². The van der Waals surface area contributed by atoms with E-state index < -0.39 is 0 Å². The highest BCUT2D eigenvalue weighted by Gasteiger charge is 2.19. The zero-order valence-corrected chi connectivity index (χ0v) is 17.7. The van der Waals surface area contributed by atoms with Gasteiger partial charge in [-0.15, -0.1) is 0 Å². The third kappa shape index (κ3) is 4.74. The summed E-state index contributed by atoms with van der Waals surface area (Å²) in [5.41, 5.74) is 1.18. The summed E-state index contributed by atoms with van der Waals surface area (Å²) >= 11 is 0. The second kappa shape index (κ2) is 9.35. The van der Waals surface area contributed by atoms with Crippen molar-refractivity contribution in [2.24, 2.45) is 0 Å².